The molecule has 0 amide bonds. The molecule has 2 N–H and O–H groups in total. The van der Waals surface area contributed by atoms with E-state index in [-0.39, 0.29) is 0 Å². The van der Waals surface area contributed by atoms with Gasteiger partial charge in [-0.25, -0.2) is 0 Å². The van der Waals surface area contributed by atoms with Crippen LogP contribution in [0.15, 0.2) is 24.3 Å². The van der Waals surface area contributed by atoms with Gasteiger partial charge in [-0.05, 0) is 56.8 Å². The predicted octanol–water partition coefficient (Wildman–Crippen LogP) is 2.17. The molecule has 5 heteroatoms. The Balaban J connectivity index is 1.60. The van der Waals surface area contributed by atoms with Crippen LogP contribution in [0.25, 0.3) is 0 Å². The second kappa shape index (κ2) is 8.09. The molecular weight excluding hydrogens is 318 g/mol. The van der Waals surface area contributed by atoms with Crippen molar-refractivity contribution >= 4 is 17.4 Å². The van der Waals surface area contributed by atoms with Gasteiger partial charge in [-0.3, -0.25) is 0 Å². The van der Waals surface area contributed by atoms with Gasteiger partial charge < -0.3 is 20.2 Å². The monoisotopic (exact) mass is 349 g/mol. The highest BCUT2D eigenvalue weighted by Gasteiger charge is 2.31. The van der Waals surface area contributed by atoms with Crippen molar-refractivity contribution in [3.05, 3.63) is 29.8 Å². The molecule has 2 heterocycles. The van der Waals surface area contributed by atoms with Gasteiger partial charge in [-0.1, -0.05) is 18.2 Å². The molecule has 24 heavy (non-hydrogen) atoms. The van der Waals surface area contributed by atoms with E-state index in [1.165, 1.54) is 37.2 Å². The maximum Gasteiger partial charge on any atom is 0.0869 e. The number of nitrogens with zero attached hydrogens (tertiary/aromatic N) is 2. The molecule has 0 aromatic heterocycles. The number of benzene rings is 1. The van der Waals surface area contributed by atoms with E-state index in [1.54, 1.807) is 0 Å². The molecule has 0 spiro atoms. The quantitative estimate of drug-likeness (QED) is 0.824. The second-order valence-electron chi connectivity index (χ2n) is 7.40. The number of hydrogen-bond donors (Lipinski definition) is 2. The zero-order chi connectivity index (χ0) is 17.0. The maximum absolute atomic E-state index is 10.5. The van der Waals surface area contributed by atoms with E-state index >= 15 is 0 Å². The molecule has 2 fully saturated rings. The van der Waals surface area contributed by atoms with Crippen LogP contribution in [0.1, 0.15) is 24.8 Å². The fraction of sp³-hybridized carbons (Fsp3) is 0.684. The smallest absolute Gasteiger partial charge is 0.0869 e. The van der Waals surface area contributed by atoms with Crippen LogP contribution in [0.3, 0.4) is 0 Å². The summed E-state index contributed by atoms with van der Waals surface area (Å²) in [5.41, 5.74) is 2.14. The third-order valence-electron chi connectivity index (χ3n) is 5.46. The molecule has 2 aliphatic heterocycles. The standard InChI is InChI=1S/C19H31N3OS/c1-21-10-7-17(8-11-21)22(2)18-6-4-3-5-16(18)13-20-14-19(23)9-12-24-15-19/h3-6,17,20,23H,7-15H2,1-2H3/t19-/m1/s1. The lowest BCUT2D eigenvalue weighted by molar-refractivity contribution is 0.0675. The second-order valence-corrected chi connectivity index (χ2v) is 8.51. The molecule has 3 rings (SSSR count). The van der Waals surface area contributed by atoms with Gasteiger partial charge in [0.1, 0.15) is 0 Å². The normalized spacial score (nSPS) is 26.0. The Labute approximate surface area is 150 Å². The number of rotatable bonds is 6. The van der Waals surface area contributed by atoms with Crippen molar-refractivity contribution in [2.24, 2.45) is 0 Å². The lowest BCUT2D eigenvalue weighted by atomic mass is 10.0. The number of likely N-dealkylation sites (tertiary alicyclic amines) is 1. The highest BCUT2D eigenvalue weighted by molar-refractivity contribution is 7.99. The molecule has 2 aliphatic rings. The van der Waals surface area contributed by atoms with E-state index in [2.05, 4.69) is 53.5 Å². The Morgan fingerprint density at radius 1 is 1.33 bits per heavy atom. The Morgan fingerprint density at radius 3 is 2.79 bits per heavy atom. The molecule has 1 aromatic rings. The van der Waals surface area contributed by atoms with Gasteiger partial charge in [0.25, 0.3) is 0 Å². The van der Waals surface area contributed by atoms with Crippen LogP contribution < -0.4 is 10.2 Å². The van der Waals surface area contributed by atoms with Crippen molar-refractivity contribution in [2.45, 2.75) is 37.5 Å². The van der Waals surface area contributed by atoms with Crippen LogP contribution in [-0.4, -0.2) is 66.9 Å². The van der Waals surface area contributed by atoms with Gasteiger partial charge in [0.15, 0.2) is 0 Å². The summed E-state index contributed by atoms with van der Waals surface area (Å²) in [4.78, 5) is 4.88. The Morgan fingerprint density at radius 2 is 2.08 bits per heavy atom. The summed E-state index contributed by atoms with van der Waals surface area (Å²) >= 11 is 1.85. The summed E-state index contributed by atoms with van der Waals surface area (Å²) in [7, 11) is 4.44. The van der Waals surface area contributed by atoms with Crippen molar-refractivity contribution in [2.75, 3.05) is 50.1 Å². The molecule has 0 bridgehead atoms. The van der Waals surface area contributed by atoms with Crippen LogP contribution in [0.5, 0.6) is 0 Å². The zero-order valence-electron chi connectivity index (χ0n) is 15.0. The summed E-state index contributed by atoms with van der Waals surface area (Å²) in [6, 6.07) is 9.31. The van der Waals surface area contributed by atoms with Gasteiger partial charge in [0, 0.05) is 37.6 Å². The largest absolute Gasteiger partial charge is 0.388 e. The molecule has 2 saturated heterocycles. The minimum Gasteiger partial charge on any atom is -0.388 e. The minimum absolute atomic E-state index is 0.514. The fourth-order valence-corrected chi connectivity index (χ4v) is 5.04. The van der Waals surface area contributed by atoms with E-state index in [4.69, 9.17) is 0 Å². The van der Waals surface area contributed by atoms with Crippen LogP contribution in [0.2, 0.25) is 0 Å². The van der Waals surface area contributed by atoms with Crippen molar-refractivity contribution in [3.8, 4) is 0 Å². The van der Waals surface area contributed by atoms with Crippen molar-refractivity contribution in [3.63, 3.8) is 0 Å². The molecule has 0 aliphatic carbocycles. The molecular formula is C19H31N3OS. The maximum atomic E-state index is 10.5. The summed E-state index contributed by atoms with van der Waals surface area (Å²) in [5.74, 6) is 1.94. The SMILES string of the molecule is CN1CCC(N(C)c2ccccc2CNC[C@]2(O)CCSC2)CC1. The first-order valence-corrected chi connectivity index (χ1v) is 10.2. The topological polar surface area (TPSA) is 38.7 Å². The molecule has 134 valence electrons. The fourth-order valence-electron chi connectivity index (χ4n) is 3.75. The number of piperidine rings is 1. The van der Waals surface area contributed by atoms with E-state index in [1.807, 2.05) is 11.8 Å². The van der Waals surface area contributed by atoms with Crippen LogP contribution in [-0.2, 0) is 6.54 Å². The van der Waals surface area contributed by atoms with Gasteiger partial charge in [-0.15, -0.1) is 0 Å². The number of anilines is 1. The highest BCUT2D eigenvalue weighted by Crippen LogP contribution is 2.28. The molecule has 0 unspecified atom stereocenters. The summed E-state index contributed by atoms with van der Waals surface area (Å²) in [6.45, 7) is 3.87. The van der Waals surface area contributed by atoms with Gasteiger partial charge in [0.2, 0.25) is 0 Å². The summed E-state index contributed by atoms with van der Waals surface area (Å²) in [5, 5.41) is 14.0. The molecule has 1 atom stereocenters. The molecule has 4 nitrogen and oxygen atoms in total. The highest BCUT2D eigenvalue weighted by atomic mass is 32.2. The third kappa shape index (κ3) is 4.45. The third-order valence-corrected chi connectivity index (χ3v) is 6.69. The average Bonchev–Trinajstić information content (AvgIpc) is 3.02. The first-order valence-electron chi connectivity index (χ1n) is 9.07. The number of para-hydroxylation sites is 1. The number of nitrogens with one attached hydrogen (secondary N) is 1. The number of thioether (sulfide) groups is 1. The minimum atomic E-state index is -0.514. The van der Waals surface area contributed by atoms with E-state index < -0.39 is 5.60 Å². The van der Waals surface area contributed by atoms with Crippen LogP contribution in [0.4, 0.5) is 5.69 Å². The Hall–Kier alpha value is -0.750. The summed E-state index contributed by atoms with van der Waals surface area (Å²) < 4.78 is 0. The van der Waals surface area contributed by atoms with E-state index in [9.17, 15) is 5.11 Å². The lowest BCUT2D eigenvalue weighted by Gasteiger charge is -2.37. The molecule has 0 saturated carbocycles. The number of aliphatic hydroxyl groups is 1. The average molecular weight is 350 g/mol. The van der Waals surface area contributed by atoms with E-state index in [0.29, 0.717) is 12.6 Å². The van der Waals surface area contributed by atoms with Gasteiger partial charge >= 0.3 is 0 Å². The molecule has 0 radical (unpaired) electrons. The van der Waals surface area contributed by atoms with Gasteiger partial charge in [-0.2, -0.15) is 11.8 Å². The van der Waals surface area contributed by atoms with Crippen LogP contribution >= 0.6 is 11.8 Å². The zero-order valence-corrected chi connectivity index (χ0v) is 15.8. The Kier molecular flexibility index (Phi) is 6.08. The first kappa shape index (κ1) is 18.1. The molecule has 1 aromatic carbocycles. The first-order chi connectivity index (χ1) is 11.6. The lowest BCUT2D eigenvalue weighted by Crippen LogP contribution is -2.43. The predicted molar refractivity (Wildman–Crippen MR) is 104 cm³/mol. The number of hydrogen-bond acceptors (Lipinski definition) is 5. The summed E-state index contributed by atoms with van der Waals surface area (Å²) in [6.07, 6.45) is 3.36. The van der Waals surface area contributed by atoms with Crippen LogP contribution in [0, 0.1) is 0 Å². The van der Waals surface area contributed by atoms with Crippen molar-refractivity contribution in [1.29, 1.82) is 0 Å². The van der Waals surface area contributed by atoms with E-state index in [0.717, 1.165) is 24.5 Å². The Bertz CT molecular complexity index is 525. The van der Waals surface area contributed by atoms with Crippen molar-refractivity contribution in [1.82, 2.24) is 10.2 Å². The van der Waals surface area contributed by atoms with Crippen molar-refractivity contribution < 1.29 is 5.11 Å². The van der Waals surface area contributed by atoms with Gasteiger partial charge in [0.05, 0.1) is 5.60 Å².